The Bertz CT molecular complexity index is 886. The molecule has 1 heterocycles. The number of hydrogen-bond donors (Lipinski definition) is 0. The molecule has 6 heteroatoms. The van der Waals surface area contributed by atoms with Crippen LogP contribution in [0.2, 0.25) is 5.02 Å². The summed E-state index contributed by atoms with van der Waals surface area (Å²) in [4.78, 5) is 18.3. The summed E-state index contributed by atoms with van der Waals surface area (Å²) in [6.07, 6.45) is 1.52. The lowest BCUT2D eigenvalue weighted by atomic mass is 10.1. The van der Waals surface area contributed by atoms with E-state index in [-0.39, 0.29) is 11.7 Å². The Morgan fingerprint density at radius 2 is 1.79 bits per heavy atom. The van der Waals surface area contributed by atoms with Gasteiger partial charge in [-0.3, -0.25) is 4.79 Å². The molecule has 3 aromatic rings. The second-order valence-electron chi connectivity index (χ2n) is 5.62. The Morgan fingerprint density at radius 3 is 2.46 bits per heavy atom. The van der Waals surface area contributed by atoms with Crippen LogP contribution in [0, 0.1) is 13.8 Å². The fraction of sp³-hybridized carbons (Fsp3) is 0.167. The third kappa shape index (κ3) is 3.16. The number of aromatic nitrogens is 3. The number of benzene rings is 2. The molecule has 0 unspecified atom stereocenters. The highest BCUT2D eigenvalue weighted by atomic mass is 35.5. The van der Waals surface area contributed by atoms with E-state index in [1.54, 1.807) is 28.8 Å². The Morgan fingerprint density at radius 1 is 1.08 bits per heavy atom. The van der Waals surface area contributed by atoms with Crippen molar-refractivity contribution in [3.63, 3.8) is 0 Å². The van der Waals surface area contributed by atoms with Gasteiger partial charge in [0.2, 0.25) is 5.82 Å². The highest BCUT2D eigenvalue weighted by Crippen LogP contribution is 2.19. The topological polar surface area (TPSA) is 51.0 Å². The number of hydrogen-bond acceptors (Lipinski definition) is 3. The molecular formula is C18H17ClN4O. The van der Waals surface area contributed by atoms with Gasteiger partial charge in [-0.05, 0) is 61.4 Å². The van der Waals surface area contributed by atoms with Crippen molar-refractivity contribution >= 4 is 23.2 Å². The third-order valence-electron chi connectivity index (χ3n) is 3.96. The molecule has 0 bridgehead atoms. The molecule has 0 saturated heterocycles. The van der Waals surface area contributed by atoms with Gasteiger partial charge in [0.25, 0.3) is 5.91 Å². The first-order valence-corrected chi connectivity index (χ1v) is 7.86. The molecule has 24 heavy (non-hydrogen) atoms. The third-order valence-corrected chi connectivity index (χ3v) is 4.21. The number of rotatable bonds is 3. The SMILES string of the molecule is Cc1ccc(N(C)C(=O)c2ncn(-c3ccc(Cl)cc3)n2)cc1C. The fourth-order valence-electron chi connectivity index (χ4n) is 2.28. The fourth-order valence-corrected chi connectivity index (χ4v) is 2.41. The van der Waals surface area contributed by atoms with E-state index in [9.17, 15) is 4.79 Å². The molecule has 0 radical (unpaired) electrons. The highest BCUT2D eigenvalue weighted by Gasteiger charge is 2.18. The molecular weight excluding hydrogens is 324 g/mol. The van der Waals surface area contributed by atoms with Gasteiger partial charge in [0.15, 0.2) is 0 Å². The second-order valence-corrected chi connectivity index (χ2v) is 6.06. The summed E-state index contributed by atoms with van der Waals surface area (Å²) in [6.45, 7) is 4.06. The van der Waals surface area contributed by atoms with Crippen molar-refractivity contribution in [2.75, 3.05) is 11.9 Å². The van der Waals surface area contributed by atoms with E-state index in [1.807, 2.05) is 44.2 Å². The quantitative estimate of drug-likeness (QED) is 0.728. The van der Waals surface area contributed by atoms with Gasteiger partial charge in [-0.2, -0.15) is 0 Å². The Hall–Kier alpha value is -2.66. The first-order valence-electron chi connectivity index (χ1n) is 7.48. The van der Waals surface area contributed by atoms with Gasteiger partial charge in [0.05, 0.1) is 5.69 Å². The average Bonchev–Trinajstić information content (AvgIpc) is 3.06. The van der Waals surface area contributed by atoms with Crippen LogP contribution >= 0.6 is 11.6 Å². The van der Waals surface area contributed by atoms with Gasteiger partial charge < -0.3 is 4.90 Å². The van der Waals surface area contributed by atoms with Crippen LogP contribution in [0.3, 0.4) is 0 Å². The van der Waals surface area contributed by atoms with Gasteiger partial charge in [0.1, 0.15) is 6.33 Å². The Kier molecular flexibility index (Phi) is 4.36. The van der Waals surface area contributed by atoms with Crippen molar-refractivity contribution in [2.45, 2.75) is 13.8 Å². The minimum atomic E-state index is -0.258. The number of aryl methyl sites for hydroxylation is 2. The summed E-state index contributed by atoms with van der Waals surface area (Å²) in [7, 11) is 1.72. The van der Waals surface area contributed by atoms with Gasteiger partial charge >= 0.3 is 0 Å². The predicted octanol–water partition coefficient (Wildman–Crippen LogP) is 3.81. The predicted molar refractivity (Wildman–Crippen MR) is 95.0 cm³/mol. The molecule has 0 spiro atoms. The number of amides is 1. The summed E-state index contributed by atoms with van der Waals surface area (Å²) in [6, 6.07) is 13.0. The van der Waals surface area contributed by atoms with Crippen molar-refractivity contribution in [2.24, 2.45) is 0 Å². The van der Waals surface area contributed by atoms with E-state index in [1.165, 1.54) is 11.9 Å². The van der Waals surface area contributed by atoms with Crippen molar-refractivity contribution < 1.29 is 4.79 Å². The van der Waals surface area contributed by atoms with Crippen LogP contribution < -0.4 is 4.90 Å². The van der Waals surface area contributed by atoms with Crippen molar-refractivity contribution in [1.82, 2.24) is 14.8 Å². The Balaban J connectivity index is 1.85. The minimum absolute atomic E-state index is 0.144. The molecule has 2 aromatic carbocycles. The lowest BCUT2D eigenvalue weighted by molar-refractivity contribution is 0.0983. The maximum absolute atomic E-state index is 12.6. The Labute approximate surface area is 145 Å². The van der Waals surface area contributed by atoms with Crippen LogP contribution in [0.1, 0.15) is 21.7 Å². The monoisotopic (exact) mass is 340 g/mol. The van der Waals surface area contributed by atoms with Crippen LogP contribution in [0.4, 0.5) is 5.69 Å². The number of anilines is 1. The van der Waals surface area contributed by atoms with Gasteiger partial charge in [-0.15, -0.1) is 5.10 Å². The lowest BCUT2D eigenvalue weighted by Gasteiger charge is -2.16. The zero-order valence-corrected chi connectivity index (χ0v) is 14.4. The van der Waals surface area contributed by atoms with Crippen molar-refractivity contribution in [1.29, 1.82) is 0 Å². The molecule has 0 aliphatic rings. The zero-order valence-electron chi connectivity index (χ0n) is 13.7. The van der Waals surface area contributed by atoms with Gasteiger partial charge in [-0.25, -0.2) is 9.67 Å². The molecule has 0 N–H and O–H groups in total. The molecule has 0 atom stereocenters. The average molecular weight is 341 g/mol. The maximum atomic E-state index is 12.6. The van der Waals surface area contributed by atoms with Gasteiger partial charge in [-0.1, -0.05) is 17.7 Å². The van der Waals surface area contributed by atoms with E-state index in [2.05, 4.69) is 10.1 Å². The van der Waals surface area contributed by atoms with Crippen molar-refractivity contribution in [3.8, 4) is 5.69 Å². The molecule has 5 nitrogen and oxygen atoms in total. The summed E-state index contributed by atoms with van der Waals surface area (Å²) in [5, 5.41) is 4.91. The summed E-state index contributed by atoms with van der Waals surface area (Å²) in [5.74, 6) is -0.114. The van der Waals surface area contributed by atoms with E-state index >= 15 is 0 Å². The molecule has 3 rings (SSSR count). The smallest absolute Gasteiger partial charge is 0.297 e. The van der Waals surface area contributed by atoms with Crippen LogP contribution in [0.25, 0.3) is 5.69 Å². The second kappa shape index (κ2) is 6.45. The van der Waals surface area contributed by atoms with Crippen molar-refractivity contribution in [3.05, 3.63) is 70.8 Å². The first-order chi connectivity index (χ1) is 11.5. The maximum Gasteiger partial charge on any atom is 0.297 e. The number of nitrogens with zero attached hydrogens (tertiary/aromatic N) is 4. The van der Waals surface area contributed by atoms with E-state index in [0.717, 1.165) is 16.9 Å². The van der Waals surface area contributed by atoms with E-state index in [4.69, 9.17) is 11.6 Å². The van der Waals surface area contributed by atoms with Crippen LogP contribution in [-0.2, 0) is 0 Å². The lowest BCUT2D eigenvalue weighted by Crippen LogP contribution is -2.27. The number of halogens is 1. The molecule has 0 aliphatic carbocycles. The van der Waals surface area contributed by atoms with E-state index in [0.29, 0.717) is 5.02 Å². The normalized spacial score (nSPS) is 10.7. The molecule has 0 fully saturated rings. The van der Waals surface area contributed by atoms with Crippen LogP contribution in [0.15, 0.2) is 48.8 Å². The zero-order chi connectivity index (χ0) is 17.3. The summed E-state index contributed by atoms with van der Waals surface area (Å²) in [5.41, 5.74) is 3.92. The molecule has 1 amide bonds. The molecule has 0 aliphatic heterocycles. The minimum Gasteiger partial charge on any atom is -0.309 e. The number of carbonyl (C=O) groups excluding carboxylic acids is 1. The molecule has 122 valence electrons. The number of carbonyl (C=O) groups is 1. The molecule has 0 saturated carbocycles. The van der Waals surface area contributed by atoms with Crippen LogP contribution in [-0.4, -0.2) is 27.7 Å². The van der Waals surface area contributed by atoms with Crippen LogP contribution in [0.5, 0.6) is 0 Å². The standard InChI is InChI=1S/C18H17ClN4O/c1-12-4-7-16(10-13(12)2)22(3)18(24)17-20-11-23(21-17)15-8-5-14(19)6-9-15/h4-11H,1-3H3. The highest BCUT2D eigenvalue weighted by molar-refractivity contribution is 6.30. The summed E-state index contributed by atoms with van der Waals surface area (Å²) < 4.78 is 1.55. The van der Waals surface area contributed by atoms with Gasteiger partial charge in [0, 0.05) is 17.8 Å². The van der Waals surface area contributed by atoms with E-state index < -0.39 is 0 Å². The molecule has 1 aromatic heterocycles. The largest absolute Gasteiger partial charge is 0.309 e. The summed E-state index contributed by atoms with van der Waals surface area (Å²) >= 11 is 5.88. The first kappa shape index (κ1) is 16.2.